The third-order valence-electron chi connectivity index (χ3n) is 4.39. The number of nitrogens with zero attached hydrogens (tertiary/aromatic N) is 2. The molecule has 7 nitrogen and oxygen atoms in total. The summed E-state index contributed by atoms with van der Waals surface area (Å²) in [5.74, 6) is -0.372. The predicted molar refractivity (Wildman–Crippen MR) is 109 cm³/mol. The Morgan fingerprint density at radius 1 is 1.23 bits per heavy atom. The van der Waals surface area contributed by atoms with Crippen LogP contribution in [0.25, 0.3) is 10.9 Å². The van der Waals surface area contributed by atoms with E-state index in [0.717, 1.165) is 16.7 Å². The highest BCUT2D eigenvalue weighted by Crippen LogP contribution is 2.29. The summed E-state index contributed by atoms with van der Waals surface area (Å²) in [5, 5.41) is 2.63. The Morgan fingerprint density at radius 3 is 2.60 bits per heavy atom. The highest BCUT2D eigenvalue weighted by molar-refractivity contribution is 7.98. The van der Waals surface area contributed by atoms with E-state index in [1.807, 2.05) is 0 Å². The number of anilines is 1. The fourth-order valence-electron chi connectivity index (χ4n) is 2.91. The maximum absolute atomic E-state index is 12.9. The molecular formula is C19H17F3N4O3S. The summed E-state index contributed by atoms with van der Waals surface area (Å²) in [5.41, 5.74) is -1.99. The van der Waals surface area contributed by atoms with Crippen molar-refractivity contribution in [1.82, 2.24) is 14.5 Å². The van der Waals surface area contributed by atoms with Crippen LogP contribution < -0.4 is 16.6 Å². The van der Waals surface area contributed by atoms with Crippen LogP contribution in [-0.4, -0.2) is 32.5 Å². The van der Waals surface area contributed by atoms with Crippen LogP contribution >= 0.6 is 11.8 Å². The highest BCUT2D eigenvalue weighted by Gasteiger charge is 2.31. The third-order valence-corrected chi connectivity index (χ3v) is 5.03. The number of rotatable bonds is 6. The van der Waals surface area contributed by atoms with Gasteiger partial charge in [-0.1, -0.05) is 12.1 Å². The van der Waals surface area contributed by atoms with Crippen molar-refractivity contribution in [3.8, 4) is 0 Å². The molecule has 2 N–H and O–H groups in total. The maximum atomic E-state index is 12.9. The van der Waals surface area contributed by atoms with Crippen LogP contribution in [-0.2, 0) is 11.0 Å². The van der Waals surface area contributed by atoms with Gasteiger partial charge in [-0.3, -0.25) is 9.59 Å². The molecule has 3 aromatic rings. The van der Waals surface area contributed by atoms with Crippen molar-refractivity contribution in [2.24, 2.45) is 0 Å². The molecule has 158 valence electrons. The molecule has 1 aromatic carbocycles. The Kier molecular flexibility index (Phi) is 6.30. The van der Waals surface area contributed by atoms with Gasteiger partial charge in [-0.05, 0) is 42.7 Å². The summed E-state index contributed by atoms with van der Waals surface area (Å²) in [7, 11) is 0. The van der Waals surface area contributed by atoms with E-state index in [4.69, 9.17) is 0 Å². The molecule has 0 aliphatic rings. The van der Waals surface area contributed by atoms with Gasteiger partial charge >= 0.3 is 11.9 Å². The summed E-state index contributed by atoms with van der Waals surface area (Å²) in [6, 6.07) is 7.04. The normalized spacial score (nSPS) is 12.7. The molecular weight excluding hydrogens is 421 g/mol. The molecule has 1 amide bonds. The second-order valence-electron chi connectivity index (χ2n) is 6.37. The minimum absolute atomic E-state index is 0.118. The number of thioether (sulfide) groups is 1. The van der Waals surface area contributed by atoms with Crippen LogP contribution in [0.5, 0.6) is 0 Å². The quantitative estimate of drug-likeness (QED) is 0.617. The predicted octanol–water partition coefficient (Wildman–Crippen LogP) is 3.04. The van der Waals surface area contributed by atoms with Crippen molar-refractivity contribution in [1.29, 1.82) is 0 Å². The second-order valence-corrected chi connectivity index (χ2v) is 7.35. The molecule has 0 saturated carbocycles. The Hall–Kier alpha value is -3.08. The number of carbonyl (C=O) groups excluding carboxylic acids is 1. The van der Waals surface area contributed by atoms with Crippen molar-refractivity contribution in [3.63, 3.8) is 0 Å². The molecule has 30 heavy (non-hydrogen) atoms. The molecule has 1 atom stereocenters. The van der Waals surface area contributed by atoms with Crippen LogP contribution in [0.4, 0.5) is 19.0 Å². The number of halogens is 3. The molecule has 0 aliphatic heterocycles. The summed E-state index contributed by atoms with van der Waals surface area (Å²) >= 11 is 1.42. The number of H-pyrrole nitrogens is 1. The zero-order chi connectivity index (χ0) is 21.9. The van der Waals surface area contributed by atoms with Crippen LogP contribution in [0, 0.1) is 0 Å². The molecule has 2 heterocycles. The van der Waals surface area contributed by atoms with Crippen LogP contribution in [0.15, 0.2) is 52.2 Å². The van der Waals surface area contributed by atoms with Crippen molar-refractivity contribution < 1.29 is 18.0 Å². The minimum atomic E-state index is -4.55. The van der Waals surface area contributed by atoms with Gasteiger partial charge in [0.25, 0.3) is 5.56 Å². The number of hydrogen-bond donors (Lipinski definition) is 2. The van der Waals surface area contributed by atoms with Gasteiger partial charge in [-0.25, -0.2) is 14.3 Å². The van der Waals surface area contributed by atoms with E-state index < -0.39 is 34.9 Å². The summed E-state index contributed by atoms with van der Waals surface area (Å²) in [4.78, 5) is 44.5. The van der Waals surface area contributed by atoms with Gasteiger partial charge in [0, 0.05) is 6.20 Å². The Morgan fingerprint density at radius 2 is 1.97 bits per heavy atom. The first-order chi connectivity index (χ1) is 14.2. The fraction of sp³-hybridized carbons (Fsp3) is 0.263. The molecule has 2 aromatic heterocycles. The number of nitrogens with one attached hydrogen (secondary N) is 2. The minimum Gasteiger partial charge on any atom is -0.309 e. The molecule has 3 rings (SSSR count). The molecule has 0 radical (unpaired) electrons. The smallest absolute Gasteiger partial charge is 0.309 e. The topological polar surface area (TPSA) is 96.8 Å². The van der Waals surface area contributed by atoms with Gasteiger partial charge in [0.15, 0.2) is 0 Å². The molecule has 0 bridgehead atoms. The number of para-hydroxylation sites is 1. The van der Waals surface area contributed by atoms with E-state index in [0.29, 0.717) is 17.5 Å². The van der Waals surface area contributed by atoms with Gasteiger partial charge in [0.2, 0.25) is 5.91 Å². The summed E-state index contributed by atoms with van der Waals surface area (Å²) < 4.78 is 38.9. The molecule has 0 fully saturated rings. The number of carbonyl (C=O) groups is 1. The lowest BCUT2D eigenvalue weighted by Gasteiger charge is -2.18. The van der Waals surface area contributed by atoms with Gasteiger partial charge in [0.1, 0.15) is 11.9 Å². The highest BCUT2D eigenvalue weighted by atomic mass is 32.2. The van der Waals surface area contributed by atoms with E-state index >= 15 is 0 Å². The molecule has 0 spiro atoms. The number of aromatic amines is 1. The van der Waals surface area contributed by atoms with Gasteiger partial charge < -0.3 is 10.3 Å². The maximum Gasteiger partial charge on any atom is 0.417 e. The number of fused-ring (bicyclic) bond motifs is 1. The zero-order valence-electron chi connectivity index (χ0n) is 15.7. The van der Waals surface area contributed by atoms with Gasteiger partial charge in [-0.2, -0.15) is 24.9 Å². The molecule has 11 heteroatoms. The first-order valence-corrected chi connectivity index (χ1v) is 10.2. The van der Waals surface area contributed by atoms with Crippen molar-refractivity contribution in [3.05, 3.63) is 69.0 Å². The lowest BCUT2D eigenvalue weighted by molar-refractivity contribution is -0.137. The molecule has 0 aliphatic carbocycles. The average molecular weight is 438 g/mol. The Labute approximate surface area is 172 Å². The molecule has 1 unspecified atom stereocenters. The number of aromatic nitrogens is 3. The van der Waals surface area contributed by atoms with E-state index in [9.17, 15) is 27.6 Å². The Bertz CT molecular complexity index is 1170. The van der Waals surface area contributed by atoms with E-state index in [1.54, 1.807) is 24.5 Å². The summed E-state index contributed by atoms with van der Waals surface area (Å²) in [6.07, 6.45) is -1.99. The number of pyridine rings is 1. The fourth-order valence-corrected chi connectivity index (χ4v) is 3.37. The average Bonchev–Trinajstić information content (AvgIpc) is 2.70. The largest absolute Gasteiger partial charge is 0.417 e. The van der Waals surface area contributed by atoms with Crippen molar-refractivity contribution in [2.75, 3.05) is 17.3 Å². The SMILES string of the molecule is CSCCC(C(=O)Nc1ccc(C(F)(F)F)cn1)n1c(=O)[nH]c2ccccc2c1=O. The zero-order valence-corrected chi connectivity index (χ0v) is 16.5. The first kappa shape index (κ1) is 21.6. The number of hydrogen-bond acceptors (Lipinski definition) is 5. The van der Waals surface area contributed by atoms with Crippen LogP contribution in [0.1, 0.15) is 18.0 Å². The van der Waals surface area contributed by atoms with E-state index in [-0.39, 0.29) is 17.6 Å². The summed E-state index contributed by atoms with van der Waals surface area (Å²) in [6.45, 7) is 0. The van der Waals surface area contributed by atoms with Crippen molar-refractivity contribution >= 4 is 34.4 Å². The lowest BCUT2D eigenvalue weighted by atomic mass is 10.2. The van der Waals surface area contributed by atoms with Crippen molar-refractivity contribution in [2.45, 2.75) is 18.6 Å². The number of alkyl halides is 3. The standard InChI is InChI=1S/C19H17F3N4O3S/c1-30-9-8-14(16(27)25-15-7-6-11(10-23-15)19(20,21)22)26-17(28)12-4-2-3-5-13(12)24-18(26)29/h2-7,10,14H,8-9H2,1H3,(H,24,29)(H,23,25,27). The van der Waals surface area contributed by atoms with Gasteiger partial charge in [0.05, 0.1) is 16.5 Å². The third kappa shape index (κ3) is 4.56. The number of amides is 1. The van der Waals surface area contributed by atoms with E-state index in [1.165, 1.54) is 17.8 Å². The van der Waals surface area contributed by atoms with Gasteiger partial charge in [-0.15, -0.1) is 0 Å². The second kappa shape index (κ2) is 8.74. The van der Waals surface area contributed by atoms with E-state index in [2.05, 4.69) is 15.3 Å². The lowest BCUT2D eigenvalue weighted by Crippen LogP contribution is -2.43. The van der Waals surface area contributed by atoms with Crippen LogP contribution in [0.3, 0.4) is 0 Å². The monoisotopic (exact) mass is 438 g/mol. The van der Waals surface area contributed by atoms with Crippen LogP contribution in [0.2, 0.25) is 0 Å². The first-order valence-electron chi connectivity index (χ1n) is 8.79. The Balaban J connectivity index is 1.97. The number of benzene rings is 1. The molecule has 0 saturated heterocycles.